The van der Waals surface area contributed by atoms with Crippen molar-refractivity contribution >= 4 is 40.1 Å². The first-order chi connectivity index (χ1) is 13.8. The molecule has 0 aliphatic rings. The normalized spacial score (nSPS) is 11.6. The van der Waals surface area contributed by atoms with Gasteiger partial charge in [-0.05, 0) is 36.6 Å². The van der Waals surface area contributed by atoms with E-state index in [0.29, 0.717) is 28.4 Å². The Balaban J connectivity index is 1.92. The number of aromatic hydroxyl groups is 2. The van der Waals surface area contributed by atoms with E-state index in [1.807, 2.05) is 6.07 Å². The first kappa shape index (κ1) is 22.7. The van der Waals surface area contributed by atoms with Gasteiger partial charge in [0.15, 0.2) is 16.6 Å². The van der Waals surface area contributed by atoms with Crippen LogP contribution in [0.4, 0.5) is 0 Å². The minimum Gasteiger partial charge on any atom is -0.504 e. The van der Waals surface area contributed by atoms with Crippen LogP contribution in [0.2, 0.25) is 0 Å². The Labute approximate surface area is 177 Å². The maximum atomic E-state index is 12.2. The monoisotopic (exact) mass is 434 g/mol. The average Bonchev–Trinajstić information content (AvgIpc) is 2.69. The molecule has 0 aromatic heterocycles. The number of rotatable bonds is 9. The molecule has 0 fully saturated rings. The van der Waals surface area contributed by atoms with Crippen LogP contribution < -0.4 is 11.1 Å². The maximum absolute atomic E-state index is 12.2. The van der Waals surface area contributed by atoms with Crippen LogP contribution in [0.25, 0.3) is 0 Å². The highest BCUT2D eigenvalue weighted by atomic mass is 32.2. The average molecular weight is 435 g/mol. The molecule has 7 nitrogen and oxygen atoms in total. The number of benzene rings is 2. The number of thioether (sulfide) groups is 1. The van der Waals surface area contributed by atoms with Gasteiger partial charge in [-0.1, -0.05) is 48.2 Å². The van der Waals surface area contributed by atoms with Crippen molar-refractivity contribution in [3.63, 3.8) is 0 Å². The molecular formula is C20H22N2O5S2. The van der Waals surface area contributed by atoms with Crippen molar-refractivity contribution in [1.29, 1.82) is 0 Å². The minimum atomic E-state index is -1.13. The molecule has 0 saturated carbocycles. The van der Waals surface area contributed by atoms with Crippen LogP contribution in [-0.4, -0.2) is 44.0 Å². The van der Waals surface area contributed by atoms with E-state index in [2.05, 4.69) is 5.32 Å². The van der Waals surface area contributed by atoms with Crippen molar-refractivity contribution in [1.82, 2.24) is 5.32 Å². The highest BCUT2D eigenvalue weighted by Gasteiger charge is 2.16. The molecule has 0 aliphatic carbocycles. The van der Waals surface area contributed by atoms with Crippen molar-refractivity contribution in [2.45, 2.75) is 30.2 Å². The molecule has 0 spiro atoms. The fourth-order valence-electron chi connectivity index (χ4n) is 2.45. The van der Waals surface area contributed by atoms with Gasteiger partial charge in [-0.3, -0.25) is 9.59 Å². The summed E-state index contributed by atoms with van der Waals surface area (Å²) in [6, 6.07) is 10.8. The Hall–Kier alpha value is -2.62. The zero-order valence-electron chi connectivity index (χ0n) is 15.5. The van der Waals surface area contributed by atoms with E-state index in [4.69, 9.17) is 23.1 Å². The van der Waals surface area contributed by atoms with Gasteiger partial charge in [0.05, 0.1) is 0 Å². The predicted octanol–water partition coefficient (Wildman–Crippen LogP) is 2.42. The van der Waals surface area contributed by atoms with Crippen LogP contribution in [0.15, 0.2) is 47.4 Å². The smallest absolute Gasteiger partial charge is 0.320 e. The molecule has 9 heteroatoms. The van der Waals surface area contributed by atoms with Crippen molar-refractivity contribution < 1.29 is 24.9 Å². The van der Waals surface area contributed by atoms with E-state index < -0.39 is 12.0 Å². The van der Waals surface area contributed by atoms with Gasteiger partial charge >= 0.3 is 5.97 Å². The largest absolute Gasteiger partial charge is 0.504 e. The molecule has 0 saturated heterocycles. The number of hydrogen-bond acceptors (Lipinski definition) is 7. The van der Waals surface area contributed by atoms with Gasteiger partial charge in [0.25, 0.3) is 0 Å². The van der Waals surface area contributed by atoms with Crippen LogP contribution in [0, 0.1) is 0 Å². The number of aliphatic carboxylic acids is 1. The lowest BCUT2D eigenvalue weighted by Crippen LogP contribution is -2.30. The Kier molecular flexibility index (Phi) is 8.44. The fourth-order valence-corrected chi connectivity index (χ4v) is 3.69. The zero-order valence-corrected chi connectivity index (χ0v) is 17.1. The second kappa shape index (κ2) is 10.8. The predicted molar refractivity (Wildman–Crippen MR) is 115 cm³/mol. The van der Waals surface area contributed by atoms with Crippen LogP contribution >= 0.6 is 24.0 Å². The van der Waals surface area contributed by atoms with Crippen molar-refractivity contribution in [2.75, 3.05) is 6.54 Å². The topological polar surface area (TPSA) is 133 Å². The molecule has 2 rings (SSSR count). The lowest BCUT2D eigenvalue weighted by Gasteiger charge is -2.12. The van der Waals surface area contributed by atoms with Crippen LogP contribution in [-0.2, 0) is 16.0 Å². The zero-order chi connectivity index (χ0) is 21.4. The summed E-state index contributed by atoms with van der Waals surface area (Å²) in [7, 11) is 0. The third-order valence-corrected chi connectivity index (χ3v) is 5.44. The van der Waals surface area contributed by atoms with Crippen LogP contribution in [0.3, 0.4) is 0 Å². The van der Waals surface area contributed by atoms with Gasteiger partial charge in [-0.15, -0.1) is 0 Å². The molecule has 29 heavy (non-hydrogen) atoms. The first-order valence-electron chi connectivity index (χ1n) is 8.85. The standard InChI is InChI=1S/C20H22N2O5S2/c21-14(20(26)27)6-8-18(25)29-17-4-2-1-3-13(17)19(28)22-10-9-12-5-7-15(23)16(24)11-12/h1-5,7,11,14,23-24H,6,8-10,21H2,(H,22,28)(H,26,27)/t14-/m0/s1. The summed E-state index contributed by atoms with van der Waals surface area (Å²) < 4.78 is 0. The summed E-state index contributed by atoms with van der Waals surface area (Å²) >= 11 is 6.45. The molecule has 6 N–H and O–H groups in total. The van der Waals surface area contributed by atoms with Crippen LogP contribution in [0.1, 0.15) is 24.0 Å². The fraction of sp³-hybridized carbons (Fsp3) is 0.250. The second-order valence-electron chi connectivity index (χ2n) is 6.28. The van der Waals surface area contributed by atoms with E-state index in [1.165, 1.54) is 12.1 Å². The Morgan fingerprint density at radius 1 is 1.14 bits per heavy atom. The molecule has 1 atom stereocenters. The molecule has 2 aromatic carbocycles. The molecule has 154 valence electrons. The highest BCUT2D eigenvalue weighted by Crippen LogP contribution is 2.26. The minimum absolute atomic E-state index is 0.0526. The van der Waals surface area contributed by atoms with E-state index in [1.54, 1.807) is 24.3 Å². The second-order valence-corrected chi connectivity index (χ2v) is 7.79. The van der Waals surface area contributed by atoms with Crippen molar-refractivity contribution in [3.8, 4) is 11.5 Å². The maximum Gasteiger partial charge on any atom is 0.320 e. The number of carbonyl (C=O) groups excluding carboxylic acids is 1. The lowest BCUT2D eigenvalue weighted by atomic mass is 10.1. The summed E-state index contributed by atoms with van der Waals surface area (Å²) in [6.45, 7) is 0.503. The number of carboxylic acid groups (broad SMARTS) is 1. The van der Waals surface area contributed by atoms with Crippen molar-refractivity contribution in [2.24, 2.45) is 5.73 Å². The number of phenolic OH excluding ortho intramolecular Hbond substituents is 2. The Morgan fingerprint density at radius 3 is 2.55 bits per heavy atom. The Morgan fingerprint density at radius 2 is 1.86 bits per heavy atom. The number of nitrogens with one attached hydrogen (secondary N) is 1. The van der Waals surface area contributed by atoms with Gasteiger partial charge in [-0.25, -0.2) is 0 Å². The molecule has 0 bridgehead atoms. The third-order valence-electron chi connectivity index (χ3n) is 4.07. The van der Waals surface area contributed by atoms with Gasteiger partial charge in [0, 0.05) is 23.4 Å². The van der Waals surface area contributed by atoms with E-state index in [0.717, 1.165) is 17.3 Å². The summed E-state index contributed by atoms with van der Waals surface area (Å²) in [5.41, 5.74) is 6.98. The summed E-state index contributed by atoms with van der Waals surface area (Å²) in [6.07, 6.45) is 0.706. The number of carbonyl (C=O) groups is 2. The molecule has 0 radical (unpaired) electrons. The number of thiocarbonyl (C=S) groups is 1. The van der Waals surface area contributed by atoms with Gasteiger partial charge in [0.2, 0.25) is 0 Å². The molecular weight excluding hydrogens is 412 g/mol. The highest BCUT2D eigenvalue weighted by molar-refractivity contribution is 8.13. The molecule has 0 heterocycles. The SMILES string of the molecule is N[C@@H](CCC(=O)Sc1ccccc1C(=S)NCCc1ccc(O)c(O)c1)C(=O)O. The van der Waals surface area contributed by atoms with E-state index >= 15 is 0 Å². The molecule has 2 aromatic rings. The summed E-state index contributed by atoms with van der Waals surface area (Å²) in [5.74, 6) is -1.47. The van der Waals surface area contributed by atoms with E-state index in [-0.39, 0.29) is 29.5 Å². The number of carboxylic acids is 1. The van der Waals surface area contributed by atoms with Gasteiger partial charge < -0.3 is 26.4 Å². The number of nitrogens with two attached hydrogens (primary N) is 1. The molecule has 0 aliphatic heterocycles. The van der Waals surface area contributed by atoms with Crippen molar-refractivity contribution in [3.05, 3.63) is 53.6 Å². The third kappa shape index (κ3) is 7.04. The molecule has 0 amide bonds. The molecule has 0 unspecified atom stereocenters. The summed E-state index contributed by atoms with van der Waals surface area (Å²) in [4.78, 5) is 24.1. The van der Waals surface area contributed by atoms with E-state index in [9.17, 15) is 19.8 Å². The lowest BCUT2D eigenvalue weighted by molar-refractivity contribution is -0.138. The number of phenols is 2. The van der Waals surface area contributed by atoms with Gasteiger partial charge in [-0.2, -0.15) is 0 Å². The Bertz CT molecular complexity index is 904. The quantitative estimate of drug-likeness (QED) is 0.229. The van der Waals surface area contributed by atoms with Gasteiger partial charge in [0.1, 0.15) is 11.0 Å². The summed E-state index contributed by atoms with van der Waals surface area (Å²) in [5, 5.41) is 30.6. The number of hydrogen-bond donors (Lipinski definition) is 5. The van der Waals surface area contributed by atoms with Crippen LogP contribution in [0.5, 0.6) is 11.5 Å². The first-order valence-corrected chi connectivity index (χ1v) is 10.1.